The molecular weight excluding hydrogens is 447 g/mol. The lowest BCUT2D eigenvalue weighted by Gasteiger charge is -2.16. The number of thiophene rings is 2. The molecule has 0 spiro atoms. The first kappa shape index (κ1) is 21.3. The maximum absolute atomic E-state index is 13.0. The van der Waals surface area contributed by atoms with Crippen LogP contribution in [0.3, 0.4) is 0 Å². The average molecular weight is 464 g/mol. The number of carbonyl (C=O) groups is 1. The molecule has 1 aromatic carbocycles. The van der Waals surface area contributed by atoms with Gasteiger partial charge in [0, 0.05) is 15.8 Å². The molecule has 3 aromatic heterocycles. The minimum absolute atomic E-state index is 0.287. The van der Waals surface area contributed by atoms with Crippen molar-refractivity contribution in [2.45, 2.75) is 25.7 Å². The highest BCUT2D eigenvalue weighted by Gasteiger charge is 2.30. The van der Waals surface area contributed by atoms with Crippen molar-refractivity contribution in [3.8, 4) is 10.4 Å². The Hall–Kier alpha value is -2.98. The Kier molecular flexibility index (Phi) is 5.67. The molecule has 0 aliphatic carbocycles. The lowest BCUT2D eigenvalue weighted by atomic mass is 10.0. The maximum Gasteiger partial charge on any atom is 0.416 e. The van der Waals surface area contributed by atoms with E-state index in [1.54, 1.807) is 6.92 Å². The first-order valence-corrected chi connectivity index (χ1v) is 11.0. The monoisotopic (exact) mass is 463 g/mol. The van der Waals surface area contributed by atoms with Gasteiger partial charge in [-0.3, -0.25) is 14.2 Å². The summed E-state index contributed by atoms with van der Waals surface area (Å²) in [6, 6.07) is 7.93. The predicted molar refractivity (Wildman–Crippen MR) is 115 cm³/mol. The highest BCUT2D eigenvalue weighted by molar-refractivity contribution is 7.18. The van der Waals surface area contributed by atoms with Crippen LogP contribution in [0, 0.1) is 0 Å². The van der Waals surface area contributed by atoms with Crippen molar-refractivity contribution in [1.29, 1.82) is 0 Å². The Morgan fingerprint density at radius 1 is 1.23 bits per heavy atom. The van der Waals surface area contributed by atoms with Crippen LogP contribution in [0.4, 0.5) is 13.2 Å². The van der Waals surface area contributed by atoms with Crippen molar-refractivity contribution < 1.29 is 18.0 Å². The molecule has 3 heterocycles. The second-order valence-corrected chi connectivity index (χ2v) is 8.70. The number of rotatable bonds is 5. The molecule has 5 nitrogen and oxygen atoms in total. The summed E-state index contributed by atoms with van der Waals surface area (Å²) in [5.41, 5.74) is -0.0198. The first-order valence-electron chi connectivity index (χ1n) is 9.21. The molecule has 1 amide bonds. The van der Waals surface area contributed by atoms with Crippen molar-refractivity contribution in [1.82, 2.24) is 14.9 Å². The molecule has 0 aliphatic rings. The van der Waals surface area contributed by atoms with E-state index in [1.807, 2.05) is 22.9 Å². The number of nitrogens with zero attached hydrogens (tertiary/aromatic N) is 2. The average Bonchev–Trinajstić information content (AvgIpc) is 3.39. The molecule has 0 saturated heterocycles. The minimum Gasteiger partial charge on any atom is -0.348 e. The molecule has 1 unspecified atom stereocenters. The zero-order valence-electron chi connectivity index (χ0n) is 16.1. The normalized spacial score (nSPS) is 12.8. The van der Waals surface area contributed by atoms with Gasteiger partial charge in [-0.2, -0.15) is 13.2 Å². The fraction of sp³-hybridized carbons (Fsp3) is 0.190. The summed E-state index contributed by atoms with van der Waals surface area (Å²) < 4.78 is 40.0. The van der Waals surface area contributed by atoms with Crippen LogP contribution in [-0.4, -0.2) is 15.5 Å². The van der Waals surface area contributed by atoms with Gasteiger partial charge in [-0.25, -0.2) is 4.98 Å². The summed E-state index contributed by atoms with van der Waals surface area (Å²) in [6.07, 6.45) is -3.15. The molecule has 1 N–H and O–H groups in total. The molecule has 0 aliphatic heterocycles. The Labute approximate surface area is 182 Å². The Morgan fingerprint density at radius 3 is 2.74 bits per heavy atom. The maximum atomic E-state index is 13.0. The molecule has 31 heavy (non-hydrogen) atoms. The smallest absolute Gasteiger partial charge is 0.348 e. The van der Waals surface area contributed by atoms with Gasteiger partial charge >= 0.3 is 6.18 Å². The van der Waals surface area contributed by atoms with E-state index in [9.17, 15) is 22.8 Å². The van der Waals surface area contributed by atoms with Gasteiger partial charge in [-0.15, -0.1) is 22.7 Å². The number of amides is 1. The van der Waals surface area contributed by atoms with Gasteiger partial charge in [0.1, 0.15) is 11.4 Å². The number of alkyl halides is 3. The number of carbonyl (C=O) groups excluding carboxylic acids is 1. The molecule has 1 atom stereocenters. The highest BCUT2D eigenvalue weighted by Crippen LogP contribution is 2.33. The fourth-order valence-electron chi connectivity index (χ4n) is 3.20. The number of fused-ring (bicyclic) bond motifs is 1. The highest BCUT2D eigenvalue weighted by atomic mass is 32.1. The zero-order chi connectivity index (χ0) is 22.2. The van der Waals surface area contributed by atoms with E-state index in [0.29, 0.717) is 15.8 Å². The standard InChI is InChI=1S/C21H16F3N3O2S2/c1-12(13-4-2-5-14(8-13)21(22,23)24)26-17(28)9-27-11-25-19-18(20(27)29)15(10-31-19)16-6-3-7-30-16/h2-8,10-12H,9H2,1H3,(H,26,28). The quantitative estimate of drug-likeness (QED) is 0.449. The lowest BCUT2D eigenvalue weighted by Crippen LogP contribution is -2.34. The van der Waals surface area contributed by atoms with Crippen molar-refractivity contribution in [3.63, 3.8) is 0 Å². The minimum atomic E-state index is -4.46. The van der Waals surface area contributed by atoms with Crippen LogP contribution in [0.25, 0.3) is 20.7 Å². The van der Waals surface area contributed by atoms with Crippen LogP contribution in [0.5, 0.6) is 0 Å². The number of nitrogens with one attached hydrogen (secondary N) is 1. The van der Waals surface area contributed by atoms with E-state index >= 15 is 0 Å². The van der Waals surface area contributed by atoms with Gasteiger partial charge in [0.2, 0.25) is 5.91 Å². The Morgan fingerprint density at radius 2 is 2.03 bits per heavy atom. The number of halogens is 3. The van der Waals surface area contributed by atoms with Crippen LogP contribution >= 0.6 is 22.7 Å². The second-order valence-electron chi connectivity index (χ2n) is 6.90. The summed E-state index contributed by atoms with van der Waals surface area (Å²) >= 11 is 2.86. The van der Waals surface area contributed by atoms with E-state index in [1.165, 1.54) is 45.7 Å². The molecule has 0 fully saturated rings. The van der Waals surface area contributed by atoms with Crippen LogP contribution in [0.2, 0.25) is 0 Å². The molecule has 10 heteroatoms. The third-order valence-electron chi connectivity index (χ3n) is 4.75. The molecule has 0 saturated carbocycles. The number of hydrogen-bond acceptors (Lipinski definition) is 5. The van der Waals surface area contributed by atoms with Gasteiger partial charge in [-0.1, -0.05) is 18.2 Å². The summed E-state index contributed by atoms with van der Waals surface area (Å²) in [4.78, 5) is 31.3. The number of aromatic nitrogens is 2. The van der Waals surface area contributed by atoms with Crippen molar-refractivity contribution >= 4 is 38.8 Å². The molecule has 4 rings (SSSR count). The van der Waals surface area contributed by atoms with E-state index in [-0.39, 0.29) is 12.1 Å². The summed E-state index contributed by atoms with van der Waals surface area (Å²) in [6.45, 7) is 1.30. The van der Waals surface area contributed by atoms with Gasteiger partial charge in [0.05, 0.1) is 23.3 Å². The molecule has 160 valence electrons. The first-order chi connectivity index (χ1) is 14.7. The number of hydrogen-bond donors (Lipinski definition) is 1. The van der Waals surface area contributed by atoms with Crippen molar-refractivity contribution in [3.05, 3.63) is 75.0 Å². The van der Waals surface area contributed by atoms with Gasteiger partial charge < -0.3 is 5.32 Å². The fourth-order valence-corrected chi connectivity index (χ4v) is 4.92. The molecule has 0 bridgehead atoms. The van der Waals surface area contributed by atoms with Crippen LogP contribution in [0.1, 0.15) is 24.1 Å². The van der Waals surface area contributed by atoms with Crippen LogP contribution < -0.4 is 10.9 Å². The molecular formula is C21H16F3N3O2S2. The molecule has 4 aromatic rings. The van der Waals surface area contributed by atoms with E-state index < -0.39 is 23.7 Å². The van der Waals surface area contributed by atoms with Gasteiger partial charge in [0.25, 0.3) is 5.56 Å². The van der Waals surface area contributed by atoms with Crippen LogP contribution in [0.15, 0.2) is 58.3 Å². The van der Waals surface area contributed by atoms with E-state index in [4.69, 9.17) is 0 Å². The summed E-state index contributed by atoms with van der Waals surface area (Å²) in [5, 5.41) is 6.88. The largest absolute Gasteiger partial charge is 0.416 e. The predicted octanol–water partition coefficient (Wildman–Crippen LogP) is 5.08. The summed E-state index contributed by atoms with van der Waals surface area (Å²) in [5.74, 6) is -0.499. The van der Waals surface area contributed by atoms with Gasteiger partial charge in [-0.05, 0) is 36.1 Å². The zero-order valence-corrected chi connectivity index (χ0v) is 17.8. The number of benzene rings is 1. The van der Waals surface area contributed by atoms with Crippen molar-refractivity contribution in [2.75, 3.05) is 0 Å². The topological polar surface area (TPSA) is 64.0 Å². The van der Waals surface area contributed by atoms with Gasteiger partial charge in [0.15, 0.2) is 0 Å². The lowest BCUT2D eigenvalue weighted by molar-refractivity contribution is -0.137. The summed E-state index contributed by atoms with van der Waals surface area (Å²) in [7, 11) is 0. The van der Waals surface area contributed by atoms with E-state index in [0.717, 1.165) is 22.6 Å². The third-order valence-corrected chi connectivity index (χ3v) is 6.54. The SMILES string of the molecule is CC(NC(=O)Cn1cnc2scc(-c3cccs3)c2c1=O)c1cccc(C(F)(F)F)c1. The van der Waals surface area contributed by atoms with Crippen LogP contribution in [-0.2, 0) is 17.5 Å². The van der Waals surface area contributed by atoms with Crippen molar-refractivity contribution in [2.24, 2.45) is 0 Å². The third kappa shape index (κ3) is 4.40. The second kappa shape index (κ2) is 8.27. The van der Waals surface area contributed by atoms with E-state index in [2.05, 4.69) is 10.3 Å². The molecule has 0 radical (unpaired) electrons. The Bertz CT molecular complexity index is 1290. The Balaban J connectivity index is 1.55.